The monoisotopic (exact) mass is 616 g/mol. The lowest BCUT2D eigenvalue weighted by atomic mass is 9.96. The summed E-state index contributed by atoms with van der Waals surface area (Å²) in [7, 11) is 3.68. The van der Waals surface area contributed by atoms with Crippen molar-refractivity contribution >= 4 is 39.4 Å². The van der Waals surface area contributed by atoms with Gasteiger partial charge in [-0.05, 0) is 91.9 Å². The summed E-state index contributed by atoms with van der Waals surface area (Å²) in [5, 5.41) is 4.18. The number of anilines is 1. The summed E-state index contributed by atoms with van der Waals surface area (Å²) >= 11 is 0. The minimum Gasteiger partial charge on any atom is -0.494 e. The molecule has 0 unspecified atom stereocenters. The molecule has 236 valence electrons. The van der Waals surface area contributed by atoms with Crippen LogP contribution in [0.1, 0.15) is 48.0 Å². The van der Waals surface area contributed by atoms with Gasteiger partial charge in [-0.25, -0.2) is 4.98 Å². The number of nitrogens with one attached hydrogen (secondary N) is 1. The van der Waals surface area contributed by atoms with Gasteiger partial charge in [0.2, 0.25) is 5.91 Å². The highest BCUT2D eigenvalue weighted by atomic mass is 16.5. The van der Waals surface area contributed by atoms with E-state index in [0.29, 0.717) is 42.7 Å². The van der Waals surface area contributed by atoms with E-state index in [4.69, 9.17) is 15.5 Å². The Morgan fingerprint density at radius 1 is 1.04 bits per heavy atom. The van der Waals surface area contributed by atoms with E-state index in [-0.39, 0.29) is 11.8 Å². The number of para-hydroxylation sites is 1. The molecular formula is C37H40N6O3. The number of piperidine rings is 1. The molecule has 9 nitrogen and oxygen atoms in total. The molecule has 2 amide bonds. The zero-order valence-corrected chi connectivity index (χ0v) is 26.5. The maximum absolute atomic E-state index is 13.7. The van der Waals surface area contributed by atoms with Crippen molar-refractivity contribution in [3.63, 3.8) is 0 Å². The molecule has 4 heterocycles. The quantitative estimate of drug-likeness (QED) is 0.234. The molecule has 0 spiro atoms. The van der Waals surface area contributed by atoms with E-state index in [1.807, 2.05) is 30.1 Å². The Morgan fingerprint density at radius 3 is 2.72 bits per heavy atom. The third-order valence-corrected chi connectivity index (χ3v) is 10.1. The fraction of sp³-hybridized carbons (Fsp3) is 0.378. The largest absolute Gasteiger partial charge is 0.494 e. The van der Waals surface area contributed by atoms with Gasteiger partial charge in [0.05, 0.1) is 23.8 Å². The summed E-state index contributed by atoms with van der Waals surface area (Å²) in [6.45, 7) is 2.94. The van der Waals surface area contributed by atoms with Crippen molar-refractivity contribution in [3.05, 3.63) is 65.7 Å². The first-order valence-electron chi connectivity index (χ1n) is 16.5. The minimum absolute atomic E-state index is 0.00246. The molecule has 3 aliphatic rings. The summed E-state index contributed by atoms with van der Waals surface area (Å²) in [6, 6.07) is 18.9. The number of ether oxygens (including phenoxy) is 1. The summed E-state index contributed by atoms with van der Waals surface area (Å²) in [6.07, 6.45) is 5.74. The summed E-state index contributed by atoms with van der Waals surface area (Å²) in [4.78, 5) is 32.8. The standard InChI is InChI=1S/C37H40N6O3/c1-41-35-30(16-27(18-32(35)46-2)37(45)42-14-4-5-23(19-38)20-42)40-36(41)31-17-26-6-3-7-28(34(26)43(31)21-22-8-9-22)24-10-12-29-25(15-24)11-13-33(44)39-29/h3,6-7,10,12,15-18,22-23H,4-5,8-9,11,13-14,19-21,38H2,1-2H3,(H,39,44)/t23-/m0/s1. The van der Waals surface area contributed by atoms with Gasteiger partial charge >= 0.3 is 0 Å². The number of carbonyl (C=O) groups is 2. The average Bonchev–Trinajstić information content (AvgIpc) is 3.75. The van der Waals surface area contributed by atoms with Crippen molar-refractivity contribution in [3.8, 4) is 28.4 Å². The van der Waals surface area contributed by atoms with E-state index in [9.17, 15) is 9.59 Å². The lowest BCUT2D eigenvalue weighted by molar-refractivity contribution is -0.116. The number of rotatable bonds is 7. The third kappa shape index (κ3) is 4.94. The smallest absolute Gasteiger partial charge is 0.254 e. The second-order valence-corrected chi connectivity index (χ2v) is 13.3. The molecule has 0 radical (unpaired) electrons. The predicted octanol–water partition coefficient (Wildman–Crippen LogP) is 5.98. The van der Waals surface area contributed by atoms with Gasteiger partial charge in [-0.1, -0.05) is 24.3 Å². The number of likely N-dealkylation sites (tertiary alicyclic amines) is 1. The van der Waals surface area contributed by atoms with E-state index >= 15 is 0 Å². The molecule has 1 saturated carbocycles. The van der Waals surface area contributed by atoms with Crippen molar-refractivity contribution in [2.75, 3.05) is 32.1 Å². The second-order valence-electron chi connectivity index (χ2n) is 13.3. The zero-order chi connectivity index (χ0) is 31.5. The number of carbonyl (C=O) groups excluding carboxylic acids is 2. The Bertz CT molecular complexity index is 2020. The molecule has 1 aliphatic carbocycles. The van der Waals surface area contributed by atoms with Crippen LogP contribution in [-0.4, -0.2) is 57.6 Å². The van der Waals surface area contributed by atoms with Gasteiger partial charge in [-0.2, -0.15) is 0 Å². The Hall–Kier alpha value is -4.63. The van der Waals surface area contributed by atoms with E-state index in [1.165, 1.54) is 29.5 Å². The van der Waals surface area contributed by atoms with Crippen LogP contribution in [0.15, 0.2) is 54.6 Å². The number of hydrogen-bond donors (Lipinski definition) is 2. The number of methoxy groups -OCH3 is 1. The minimum atomic E-state index is 0.00246. The summed E-state index contributed by atoms with van der Waals surface area (Å²) in [5.41, 5.74) is 14.8. The molecular weight excluding hydrogens is 576 g/mol. The number of benzene rings is 3. The number of nitrogens with zero attached hydrogens (tertiary/aromatic N) is 4. The van der Waals surface area contributed by atoms with E-state index in [2.05, 4.69) is 50.8 Å². The Morgan fingerprint density at radius 2 is 1.91 bits per heavy atom. The summed E-state index contributed by atoms with van der Waals surface area (Å²) < 4.78 is 10.4. The highest BCUT2D eigenvalue weighted by Gasteiger charge is 2.29. The zero-order valence-electron chi connectivity index (χ0n) is 26.5. The van der Waals surface area contributed by atoms with Gasteiger partial charge in [0.25, 0.3) is 5.91 Å². The van der Waals surface area contributed by atoms with Crippen molar-refractivity contribution in [2.45, 2.75) is 45.1 Å². The molecule has 8 rings (SSSR count). The Balaban J connectivity index is 1.25. The predicted molar refractivity (Wildman–Crippen MR) is 181 cm³/mol. The lowest BCUT2D eigenvalue weighted by Gasteiger charge is -2.32. The lowest BCUT2D eigenvalue weighted by Crippen LogP contribution is -2.42. The molecule has 46 heavy (non-hydrogen) atoms. The molecule has 1 atom stereocenters. The number of aryl methyl sites for hydroxylation is 2. The van der Waals surface area contributed by atoms with Crippen LogP contribution in [0.3, 0.4) is 0 Å². The normalized spacial score (nSPS) is 18.2. The number of aromatic nitrogens is 3. The van der Waals surface area contributed by atoms with Gasteiger partial charge in [-0.15, -0.1) is 0 Å². The number of fused-ring (bicyclic) bond motifs is 3. The molecule has 2 fully saturated rings. The number of imidazole rings is 1. The Kier molecular flexibility index (Phi) is 7.09. The van der Waals surface area contributed by atoms with Crippen molar-refractivity contribution in [1.82, 2.24) is 19.0 Å². The van der Waals surface area contributed by atoms with Crippen LogP contribution in [0.25, 0.3) is 44.6 Å². The summed E-state index contributed by atoms with van der Waals surface area (Å²) in [5.74, 6) is 2.54. The van der Waals surface area contributed by atoms with E-state index in [0.717, 1.165) is 71.5 Å². The van der Waals surface area contributed by atoms with Crippen LogP contribution in [0.5, 0.6) is 5.75 Å². The highest BCUT2D eigenvalue weighted by molar-refractivity contribution is 6.02. The number of amides is 2. The maximum atomic E-state index is 13.7. The first kappa shape index (κ1) is 28.8. The molecule has 2 aromatic heterocycles. The Labute approximate surface area is 268 Å². The fourth-order valence-electron chi connectivity index (χ4n) is 7.49. The van der Waals surface area contributed by atoms with Gasteiger partial charge in [0.15, 0.2) is 5.82 Å². The number of hydrogen-bond acceptors (Lipinski definition) is 5. The van der Waals surface area contributed by atoms with Crippen LogP contribution in [0.2, 0.25) is 0 Å². The highest BCUT2D eigenvalue weighted by Crippen LogP contribution is 2.41. The SMILES string of the molecule is COc1cc(C(=O)N2CCC[C@@H](CN)C2)cc2nc(-c3cc4cccc(-c5ccc6c(c5)CCC(=O)N6)c4n3CC3CC3)n(C)c12. The van der Waals surface area contributed by atoms with Crippen LogP contribution in [0.4, 0.5) is 5.69 Å². The van der Waals surface area contributed by atoms with Crippen LogP contribution < -0.4 is 15.8 Å². The van der Waals surface area contributed by atoms with Crippen LogP contribution >= 0.6 is 0 Å². The number of nitrogens with two attached hydrogens (primary N) is 1. The molecule has 5 aromatic rings. The fourth-order valence-corrected chi connectivity index (χ4v) is 7.49. The van der Waals surface area contributed by atoms with Gasteiger partial charge in [0.1, 0.15) is 11.3 Å². The van der Waals surface area contributed by atoms with Gasteiger partial charge < -0.3 is 29.8 Å². The van der Waals surface area contributed by atoms with Crippen LogP contribution in [-0.2, 0) is 24.8 Å². The van der Waals surface area contributed by atoms with Gasteiger partial charge in [-0.3, -0.25) is 9.59 Å². The van der Waals surface area contributed by atoms with E-state index < -0.39 is 0 Å². The van der Waals surface area contributed by atoms with Crippen molar-refractivity contribution in [1.29, 1.82) is 0 Å². The topological polar surface area (TPSA) is 107 Å². The van der Waals surface area contributed by atoms with Gasteiger partial charge in [0, 0.05) is 55.3 Å². The van der Waals surface area contributed by atoms with Crippen molar-refractivity contribution < 1.29 is 14.3 Å². The first-order chi connectivity index (χ1) is 22.4. The molecule has 2 aliphatic heterocycles. The molecule has 3 aromatic carbocycles. The molecule has 9 heteroatoms. The average molecular weight is 617 g/mol. The van der Waals surface area contributed by atoms with Crippen LogP contribution in [0, 0.1) is 11.8 Å². The third-order valence-electron chi connectivity index (χ3n) is 10.1. The molecule has 0 bridgehead atoms. The maximum Gasteiger partial charge on any atom is 0.254 e. The molecule has 1 saturated heterocycles. The first-order valence-corrected chi connectivity index (χ1v) is 16.5. The van der Waals surface area contributed by atoms with Crippen molar-refractivity contribution in [2.24, 2.45) is 24.6 Å². The van der Waals surface area contributed by atoms with E-state index in [1.54, 1.807) is 7.11 Å². The molecule has 3 N–H and O–H groups in total. The second kappa shape index (κ2) is 11.3.